The van der Waals surface area contributed by atoms with Crippen LogP contribution in [0.4, 0.5) is 0 Å². The van der Waals surface area contributed by atoms with E-state index in [1.807, 2.05) is 0 Å². The molecule has 0 unspecified atom stereocenters. The molecule has 0 aliphatic heterocycles. The predicted octanol–water partition coefficient (Wildman–Crippen LogP) is 1.16. The first kappa shape index (κ1) is 11.7. The van der Waals surface area contributed by atoms with E-state index in [-0.39, 0.29) is 11.8 Å². The highest BCUT2D eigenvalue weighted by Crippen LogP contribution is 1.86. The van der Waals surface area contributed by atoms with Crippen molar-refractivity contribution in [2.24, 2.45) is 0 Å². The monoisotopic (exact) mass is 193 g/mol. The summed E-state index contributed by atoms with van der Waals surface area (Å²) in [6, 6.07) is 0. The van der Waals surface area contributed by atoms with E-state index in [4.69, 9.17) is 16.3 Å². The molecule has 0 aromatic carbocycles. The number of rotatable bonds is 7. The Morgan fingerprint density at radius 1 is 1.50 bits per heavy atom. The van der Waals surface area contributed by atoms with Gasteiger partial charge in [-0.2, -0.15) is 0 Å². The summed E-state index contributed by atoms with van der Waals surface area (Å²) in [4.78, 5) is 10.6. The summed E-state index contributed by atoms with van der Waals surface area (Å²) in [7, 11) is 0. The molecule has 3 nitrogen and oxygen atoms in total. The van der Waals surface area contributed by atoms with Crippen molar-refractivity contribution in [3.8, 4) is 0 Å². The van der Waals surface area contributed by atoms with Crippen molar-refractivity contribution in [3.63, 3.8) is 0 Å². The number of nitrogens with one attached hydrogen (secondary N) is 1. The first-order valence-electron chi connectivity index (χ1n) is 4.21. The second-order valence-electron chi connectivity index (χ2n) is 2.45. The Morgan fingerprint density at radius 2 is 2.25 bits per heavy atom. The Morgan fingerprint density at radius 3 is 2.83 bits per heavy atom. The van der Waals surface area contributed by atoms with Crippen molar-refractivity contribution < 1.29 is 9.53 Å². The van der Waals surface area contributed by atoms with Gasteiger partial charge in [0.2, 0.25) is 5.91 Å². The van der Waals surface area contributed by atoms with Crippen molar-refractivity contribution in [1.82, 2.24) is 5.32 Å². The van der Waals surface area contributed by atoms with Gasteiger partial charge in [-0.05, 0) is 6.42 Å². The van der Waals surface area contributed by atoms with E-state index < -0.39 is 0 Å². The molecule has 1 N–H and O–H groups in total. The average molecular weight is 194 g/mol. The molecule has 0 aromatic heterocycles. The van der Waals surface area contributed by atoms with E-state index in [1.54, 1.807) is 0 Å². The molecule has 12 heavy (non-hydrogen) atoms. The zero-order chi connectivity index (χ0) is 9.23. The van der Waals surface area contributed by atoms with Crippen LogP contribution in [-0.2, 0) is 9.53 Å². The molecule has 0 atom stereocenters. The normalized spacial score (nSPS) is 9.83. The Kier molecular flexibility index (Phi) is 8.61. The molecule has 0 bridgehead atoms. The molecule has 0 fully saturated rings. The van der Waals surface area contributed by atoms with Crippen molar-refractivity contribution in [1.29, 1.82) is 0 Å². The van der Waals surface area contributed by atoms with Crippen LogP contribution in [0.2, 0.25) is 0 Å². The molecule has 1 amide bonds. The number of alkyl halides is 1. The molecule has 0 aliphatic rings. The summed E-state index contributed by atoms with van der Waals surface area (Å²) in [6.07, 6.45) is 2.21. The van der Waals surface area contributed by atoms with Crippen LogP contribution >= 0.6 is 11.6 Å². The Hall–Kier alpha value is -0.280. The Bertz CT molecular complexity index is 120. The minimum absolute atomic E-state index is 0.0228. The van der Waals surface area contributed by atoms with Gasteiger partial charge in [0.05, 0.1) is 6.61 Å². The summed E-state index contributed by atoms with van der Waals surface area (Å²) in [6.45, 7) is 4.00. The standard InChI is InChI=1S/C8H16ClNO2/c1-2-3-5-12-6-4-10-8(11)7-9/h2-7H2,1H3,(H,10,11). The van der Waals surface area contributed by atoms with Crippen LogP contribution in [0, 0.1) is 0 Å². The highest BCUT2D eigenvalue weighted by atomic mass is 35.5. The van der Waals surface area contributed by atoms with Crippen molar-refractivity contribution in [2.45, 2.75) is 19.8 Å². The van der Waals surface area contributed by atoms with Crippen LogP contribution in [-0.4, -0.2) is 31.5 Å². The maximum atomic E-state index is 10.6. The van der Waals surface area contributed by atoms with Crippen LogP contribution in [0.15, 0.2) is 0 Å². The molecule has 0 aromatic rings. The molecule has 0 heterocycles. The van der Waals surface area contributed by atoms with Crippen LogP contribution in [0.5, 0.6) is 0 Å². The number of carbonyl (C=O) groups excluding carboxylic acids is 1. The summed E-state index contributed by atoms with van der Waals surface area (Å²) in [5, 5.41) is 2.61. The number of halogens is 1. The van der Waals surface area contributed by atoms with Gasteiger partial charge >= 0.3 is 0 Å². The van der Waals surface area contributed by atoms with Gasteiger partial charge in [-0.3, -0.25) is 4.79 Å². The molecule has 0 radical (unpaired) electrons. The van der Waals surface area contributed by atoms with E-state index in [9.17, 15) is 4.79 Å². The maximum Gasteiger partial charge on any atom is 0.235 e. The van der Waals surface area contributed by atoms with Gasteiger partial charge in [-0.1, -0.05) is 13.3 Å². The first-order chi connectivity index (χ1) is 5.81. The van der Waals surface area contributed by atoms with E-state index in [2.05, 4.69) is 12.2 Å². The fourth-order valence-corrected chi connectivity index (χ4v) is 0.753. The topological polar surface area (TPSA) is 38.3 Å². The summed E-state index contributed by atoms with van der Waals surface area (Å²) in [5.41, 5.74) is 0. The summed E-state index contributed by atoms with van der Waals surface area (Å²) in [5.74, 6) is -0.120. The molecule has 0 saturated heterocycles. The number of unbranched alkanes of at least 4 members (excludes halogenated alkanes) is 1. The minimum atomic E-state index is -0.143. The zero-order valence-corrected chi connectivity index (χ0v) is 8.19. The molecular formula is C8H16ClNO2. The van der Waals surface area contributed by atoms with Gasteiger partial charge in [0.1, 0.15) is 5.88 Å². The van der Waals surface area contributed by atoms with Gasteiger partial charge in [0.25, 0.3) is 0 Å². The van der Waals surface area contributed by atoms with E-state index in [0.717, 1.165) is 19.4 Å². The second kappa shape index (κ2) is 8.81. The van der Waals surface area contributed by atoms with Gasteiger partial charge in [0, 0.05) is 13.2 Å². The van der Waals surface area contributed by atoms with Crippen LogP contribution in [0.3, 0.4) is 0 Å². The summed E-state index contributed by atoms with van der Waals surface area (Å²) < 4.78 is 5.21. The van der Waals surface area contributed by atoms with E-state index >= 15 is 0 Å². The first-order valence-corrected chi connectivity index (χ1v) is 4.75. The lowest BCUT2D eigenvalue weighted by Gasteiger charge is -2.03. The number of hydrogen-bond acceptors (Lipinski definition) is 2. The largest absolute Gasteiger partial charge is 0.380 e. The Balaban J connectivity index is 2.95. The molecule has 4 heteroatoms. The molecule has 72 valence electrons. The molecule has 0 saturated carbocycles. The lowest BCUT2D eigenvalue weighted by molar-refractivity contribution is -0.118. The highest BCUT2D eigenvalue weighted by molar-refractivity contribution is 6.27. The van der Waals surface area contributed by atoms with Crippen molar-refractivity contribution >= 4 is 17.5 Å². The summed E-state index contributed by atoms with van der Waals surface area (Å²) >= 11 is 5.26. The highest BCUT2D eigenvalue weighted by Gasteiger charge is 1.95. The molecular weight excluding hydrogens is 178 g/mol. The third kappa shape index (κ3) is 7.82. The fraction of sp³-hybridized carbons (Fsp3) is 0.875. The maximum absolute atomic E-state index is 10.6. The average Bonchev–Trinajstić information content (AvgIpc) is 2.10. The predicted molar refractivity (Wildman–Crippen MR) is 49.5 cm³/mol. The number of ether oxygens (including phenoxy) is 1. The van der Waals surface area contributed by atoms with Crippen molar-refractivity contribution in [3.05, 3.63) is 0 Å². The number of amides is 1. The smallest absolute Gasteiger partial charge is 0.235 e. The van der Waals surface area contributed by atoms with Gasteiger partial charge in [-0.25, -0.2) is 0 Å². The molecule has 0 aliphatic carbocycles. The zero-order valence-electron chi connectivity index (χ0n) is 7.44. The van der Waals surface area contributed by atoms with Gasteiger partial charge < -0.3 is 10.1 Å². The van der Waals surface area contributed by atoms with Crippen LogP contribution < -0.4 is 5.32 Å². The number of hydrogen-bond donors (Lipinski definition) is 1. The molecule has 0 rings (SSSR count). The SMILES string of the molecule is CCCCOCCNC(=O)CCl. The quantitative estimate of drug-likeness (QED) is 0.487. The van der Waals surface area contributed by atoms with Crippen LogP contribution in [0.1, 0.15) is 19.8 Å². The fourth-order valence-electron chi connectivity index (χ4n) is 0.658. The lowest BCUT2D eigenvalue weighted by atomic mass is 10.4. The van der Waals surface area contributed by atoms with E-state index in [0.29, 0.717) is 13.2 Å². The number of carbonyl (C=O) groups is 1. The van der Waals surface area contributed by atoms with Gasteiger partial charge in [0.15, 0.2) is 0 Å². The van der Waals surface area contributed by atoms with Crippen molar-refractivity contribution in [2.75, 3.05) is 25.6 Å². The third-order valence-corrected chi connectivity index (χ3v) is 1.57. The Labute approximate surface area is 78.4 Å². The van der Waals surface area contributed by atoms with E-state index in [1.165, 1.54) is 0 Å². The lowest BCUT2D eigenvalue weighted by Crippen LogP contribution is -2.28. The minimum Gasteiger partial charge on any atom is -0.380 e. The second-order valence-corrected chi connectivity index (χ2v) is 2.72. The van der Waals surface area contributed by atoms with Gasteiger partial charge in [-0.15, -0.1) is 11.6 Å². The third-order valence-electron chi connectivity index (χ3n) is 1.33. The molecule has 0 spiro atoms. The van der Waals surface area contributed by atoms with Crippen LogP contribution in [0.25, 0.3) is 0 Å².